The Kier molecular flexibility index (Phi) is 6.86. The highest BCUT2D eigenvalue weighted by atomic mass is 35.5. The summed E-state index contributed by atoms with van der Waals surface area (Å²) in [7, 11) is 0. The van der Waals surface area contributed by atoms with Crippen LogP contribution in [0.2, 0.25) is 5.15 Å². The number of ether oxygens (including phenoxy) is 1. The van der Waals surface area contributed by atoms with Crippen LogP contribution in [0.1, 0.15) is 28.5 Å². The van der Waals surface area contributed by atoms with E-state index in [1.54, 1.807) is 6.92 Å². The monoisotopic (exact) mass is 480 g/mol. The fourth-order valence-electron chi connectivity index (χ4n) is 3.20. The van der Waals surface area contributed by atoms with Crippen LogP contribution in [0.25, 0.3) is 11.3 Å². The van der Waals surface area contributed by atoms with E-state index in [9.17, 15) is 9.59 Å². The molecule has 4 rings (SSSR count). The molecule has 0 saturated carbocycles. The molecule has 33 heavy (non-hydrogen) atoms. The van der Waals surface area contributed by atoms with Crippen LogP contribution >= 0.6 is 22.9 Å². The lowest BCUT2D eigenvalue weighted by Gasteiger charge is -2.12. The Morgan fingerprint density at radius 2 is 1.79 bits per heavy atom. The predicted octanol–water partition coefficient (Wildman–Crippen LogP) is 5.20. The van der Waals surface area contributed by atoms with Crippen molar-refractivity contribution in [1.82, 2.24) is 14.8 Å². The lowest BCUT2D eigenvalue weighted by atomic mass is 10.2. The van der Waals surface area contributed by atoms with Gasteiger partial charge in [0.2, 0.25) is 0 Å². The summed E-state index contributed by atoms with van der Waals surface area (Å²) in [4.78, 5) is 29.7. The topological polar surface area (TPSA) is 86.1 Å². The maximum absolute atomic E-state index is 12.8. The number of anilines is 1. The lowest BCUT2D eigenvalue weighted by molar-refractivity contribution is -0.123. The van der Waals surface area contributed by atoms with E-state index in [-0.39, 0.29) is 10.7 Å². The molecule has 0 unspecified atom stereocenters. The second-order valence-corrected chi connectivity index (χ2v) is 8.55. The van der Waals surface area contributed by atoms with E-state index in [4.69, 9.17) is 16.3 Å². The standard InChI is InChI=1S/C24H21ClN4O3S/c1-15-20(21(25)29(28-15)13-17-9-5-3-6-10-17)23(31)32-16(2)22(30)27-24-26-19(14-33-24)18-11-7-4-8-12-18/h3-12,14,16H,13H2,1-2H3,(H,26,27,30)/t16-/m1/s1. The molecule has 1 atom stereocenters. The van der Waals surface area contributed by atoms with Crippen molar-refractivity contribution in [2.45, 2.75) is 26.5 Å². The minimum Gasteiger partial charge on any atom is -0.449 e. The summed E-state index contributed by atoms with van der Waals surface area (Å²) in [6.45, 7) is 3.59. The SMILES string of the molecule is Cc1nn(Cc2ccccc2)c(Cl)c1C(=O)O[C@H](C)C(=O)Nc1nc(-c2ccccc2)cs1. The number of esters is 1. The molecule has 7 nitrogen and oxygen atoms in total. The first-order valence-corrected chi connectivity index (χ1v) is 11.5. The summed E-state index contributed by atoms with van der Waals surface area (Å²) >= 11 is 7.72. The van der Waals surface area contributed by atoms with Gasteiger partial charge in [-0.3, -0.25) is 10.1 Å². The van der Waals surface area contributed by atoms with E-state index in [1.165, 1.54) is 22.9 Å². The molecular weight excluding hydrogens is 460 g/mol. The van der Waals surface area contributed by atoms with E-state index >= 15 is 0 Å². The summed E-state index contributed by atoms with van der Waals surface area (Å²) in [6.07, 6.45) is -1.05. The molecule has 2 aromatic heterocycles. The third-order valence-corrected chi connectivity index (χ3v) is 6.04. The van der Waals surface area contributed by atoms with Gasteiger partial charge in [-0.25, -0.2) is 14.5 Å². The zero-order chi connectivity index (χ0) is 23.4. The first-order valence-electron chi connectivity index (χ1n) is 10.2. The predicted molar refractivity (Wildman–Crippen MR) is 129 cm³/mol. The fourth-order valence-corrected chi connectivity index (χ4v) is 4.23. The Morgan fingerprint density at radius 3 is 2.48 bits per heavy atom. The van der Waals surface area contributed by atoms with Gasteiger partial charge < -0.3 is 4.74 Å². The van der Waals surface area contributed by atoms with Crippen molar-refractivity contribution in [2.24, 2.45) is 0 Å². The molecule has 4 aromatic rings. The van der Waals surface area contributed by atoms with Crippen LogP contribution in [0.15, 0.2) is 66.0 Å². The maximum atomic E-state index is 12.8. The van der Waals surface area contributed by atoms with Crippen LogP contribution in [0.5, 0.6) is 0 Å². The summed E-state index contributed by atoms with van der Waals surface area (Å²) in [5.74, 6) is -1.19. The molecule has 168 valence electrons. The van der Waals surface area contributed by atoms with Crippen LogP contribution in [0.4, 0.5) is 5.13 Å². The minimum absolute atomic E-state index is 0.146. The van der Waals surface area contributed by atoms with Gasteiger partial charge >= 0.3 is 5.97 Å². The van der Waals surface area contributed by atoms with Gasteiger partial charge in [-0.2, -0.15) is 5.10 Å². The number of amides is 1. The Morgan fingerprint density at radius 1 is 1.12 bits per heavy atom. The van der Waals surface area contributed by atoms with Gasteiger partial charge in [0.05, 0.1) is 17.9 Å². The first kappa shape index (κ1) is 22.7. The average molecular weight is 481 g/mol. The summed E-state index contributed by atoms with van der Waals surface area (Å²) in [5, 5.41) is 9.49. The summed E-state index contributed by atoms with van der Waals surface area (Å²) < 4.78 is 6.91. The van der Waals surface area contributed by atoms with Gasteiger partial charge in [0.25, 0.3) is 5.91 Å². The van der Waals surface area contributed by atoms with E-state index in [2.05, 4.69) is 15.4 Å². The normalized spacial score (nSPS) is 11.7. The Hall–Kier alpha value is -3.49. The van der Waals surface area contributed by atoms with Gasteiger partial charge in [-0.15, -0.1) is 11.3 Å². The van der Waals surface area contributed by atoms with Gasteiger partial charge in [0.1, 0.15) is 10.7 Å². The zero-order valence-electron chi connectivity index (χ0n) is 18.0. The number of halogens is 1. The van der Waals surface area contributed by atoms with Crippen molar-refractivity contribution < 1.29 is 14.3 Å². The molecule has 0 spiro atoms. The molecular formula is C24H21ClN4O3S. The van der Waals surface area contributed by atoms with Gasteiger partial charge in [-0.1, -0.05) is 72.3 Å². The van der Waals surface area contributed by atoms with Gasteiger partial charge in [0, 0.05) is 10.9 Å². The second kappa shape index (κ2) is 9.97. The number of hydrogen-bond donors (Lipinski definition) is 1. The van der Waals surface area contributed by atoms with Crippen LogP contribution in [-0.2, 0) is 16.1 Å². The first-order chi connectivity index (χ1) is 15.9. The molecule has 0 fully saturated rings. The van der Waals surface area contributed by atoms with Crippen LogP contribution in [0.3, 0.4) is 0 Å². The molecule has 9 heteroatoms. The van der Waals surface area contributed by atoms with Crippen molar-refractivity contribution in [2.75, 3.05) is 5.32 Å². The van der Waals surface area contributed by atoms with Crippen LogP contribution in [-0.4, -0.2) is 32.7 Å². The van der Waals surface area contributed by atoms with Crippen LogP contribution in [0, 0.1) is 6.92 Å². The molecule has 2 heterocycles. The maximum Gasteiger partial charge on any atom is 0.343 e. The molecule has 0 aliphatic heterocycles. The Labute approximate surface area is 200 Å². The second-order valence-electron chi connectivity index (χ2n) is 7.34. The number of benzene rings is 2. The zero-order valence-corrected chi connectivity index (χ0v) is 19.6. The van der Waals surface area contributed by atoms with Crippen molar-refractivity contribution in [3.05, 3.63) is 88.0 Å². The number of nitrogens with zero attached hydrogens (tertiary/aromatic N) is 3. The molecule has 0 bridgehead atoms. The number of aryl methyl sites for hydroxylation is 1. The quantitative estimate of drug-likeness (QED) is 0.367. The smallest absolute Gasteiger partial charge is 0.343 e. The number of carbonyl (C=O) groups excluding carboxylic acids is 2. The molecule has 1 amide bonds. The average Bonchev–Trinajstić information content (AvgIpc) is 3.39. The third-order valence-electron chi connectivity index (χ3n) is 4.90. The third kappa shape index (κ3) is 5.30. The molecule has 0 radical (unpaired) electrons. The molecule has 0 saturated heterocycles. The lowest BCUT2D eigenvalue weighted by Crippen LogP contribution is -2.30. The summed E-state index contributed by atoms with van der Waals surface area (Å²) in [6, 6.07) is 19.3. The van der Waals surface area contributed by atoms with Crippen molar-refractivity contribution in [1.29, 1.82) is 0 Å². The number of thiazole rings is 1. The highest BCUT2D eigenvalue weighted by Gasteiger charge is 2.26. The largest absolute Gasteiger partial charge is 0.449 e. The van der Waals surface area contributed by atoms with E-state index in [1.807, 2.05) is 66.0 Å². The number of nitrogens with one attached hydrogen (secondary N) is 1. The van der Waals surface area contributed by atoms with Crippen molar-refractivity contribution in [3.8, 4) is 11.3 Å². The summed E-state index contributed by atoms with van der Waals surface area (Å²) in [5.41, 5.74) is 3.28. The number of aromatic nitrogens is 3. The van der Waals surface area contributed by atoms with Crippen molar-refractivity contribution in [3.63, 3.8) is 0 Å². The Bertz CT molecular complexity index is 1270. The van der Waals surface area contributed by atoms with Crippen molar-refractivity contribution >= 4 is 39.9 Å². The number of hydrogen-bond acceptors (Lipinski definition) is 6. The van der Waals surface area contributed by atoms with E-state index in [0.29, 0.717) is 17.4 Å². The minimum atomic E-state index is -1.05. The van der Waals surface area contributed by atoms with Gasteiger partial charge in [-0.05, 0) is 19.4 Å². The number of rotatable bonds is 7. The highest BCUT2D eigenvalue weighted by Crippen LogP contribution is 2.25. The number of carbonyl (C=O) groups is 2. The van der Waals surface area contributed by atoms with Crippen LogP contribution < -0.4 is 5.32 Å². The fraction of sp³-hybridized carbons (Fsp3) is 0.167. The molecule has 0 aliphatic rings. The highest BCUT2D eigenvalue weighted by molar-refractivity contribution is 7.14. The molecule has 0 aliphatic carbocycles. The molecule has 2 aromatic carbocycles. The van der Waals surface area contributed by atoms with E-state index in [0.717, 1.165) is 16.8 Å². The molecule has 1 N–H and O–H groups in total. The Balaban J connectivity index is 1.40. The van der Waals surface area contributed by atoms with Gasteiger partial charge in [0.15, 0.2) is 11.2 Å². The van der Waals surface area contributed by atoms with E-state index < -0.39 is 18.0 Å².